The van der Waals surface area contributed by atoms with E-state index in [1.165, 1.54) is 25.1 Å². The zero-order valence-corrected chi connectivity index (χ0v) is 11.8. The Balaban J connectivity index is 2.85. The van der Waals surface area contributed by atoms with Gasteiger partial charge in [-0.15, -0.1) is 0 Å². The number of esters is 1. The van der Waals surface area contributed by atoms with Crippen molar-refractivity contribution in [2.45, 2.75) is 23.2 Å². The second-order valence-electron chi connectivity index (χ2n) is 3.60. The van der Waals surface area contributed by atoms with Gasteiger partial charge >= 0.3 is 114 Å². The molecule has 0 aliphatic carbocycles. The predicted molar refractivity (Wildman–Crippen MR) is 62.3 cm³/mol. The topological polar surface area (TPSA) is 26.3 Å². The second kappa shape index (κ2) is 6.91. The third-order valence-electron chi connectivity index (χ3n) is 2.19. The van der Waals surface area contributed by atoms with E-state index in [1.807, 2.05) is 0 Å². The summed E-state index contributed by atoms with van der Waals surface area (Å²) in [4.78, 5) is 10.2. The van der Waals surface area contributed by atoms with Crippen molar-refractivity contribution in [1.29, 1.82) is 0 Å². The fourth-order valence-corrected chi connectivity index (χ4v) is 3.01. The standard InChI is InChI=1S/C12H12F4O2Se/c1-2-18-11(17)10(19-12(14,15)16)7-8-5-3-4-6-9(8)13/h3-6,10H,2,7H2,1H3. The summed E-state index contributed by atoms with van der Waals surface area (Å²) in [6, 6.07) is 5.47. The van der Waals surface area contributed by atoms with Gasteiger partial charge in [0, 0.05) is 0 Å². The molecule has 0 saturated carbocycles. The molecule has 19 heavy (non-hydrogen) atoms. The van der Waals surface area contributed by atoms with E-state index in [2.05, 4.69) is 4.74 Å². The van der Waals surface area contributed by atoms with Gasteiger partial charge in [0.15, 0.2) is 0 Å². The molecule has 0 radical (unpaired) electrons. The number of ether oxygens (including phenoxy) is 1. The molecule has 1 rings (SSSR count). The molecule has 1 aromatic rings. The number of hydrogen-bond acceptors (Lipinski definition) is 2. The SMILES string of the molecule is CCOC(=O)C(Cc1ccccc1F)[Se]C(F)(F)F. The summed E-state index contributed by atoms with van der Waals surface area (Å²) in [5.74, 6) is -1.54. The number of benzene rings is 1. The van der Waals surface area contributed by atoms with Crippen molar-refractivity contribution in [3.63, 3.8) is 0 Å². The molecule has 0 bridgehead atoms. The molecule has 0 spiro atoms. The fraction of sp³-hybridized carbons (Fsp3) is 0.417. The minimum absolute atomic E-state index is 0.000538. The Bertz CT molecular complexity index is 434. The summed E-state index contributed by atoms with van der Waals surface area (Å²) >= 11 is -1.94. The van der Waals surface area contributed by atoms with Gasteiger partial charge in [0.2, 0.25) is 0 Å². The van der Waals surface area contributed by atoms with Gasteiger partial charge < -0.3 is 0 Å². The number of hydrogen-bond donors (Lipinski definition) is 0. The van der Waals surface area contributed by atoms with Gasteiger partial charge in [0.1, 0.15) is 0 Å². The molecule has 1 unspecified atom stereocenters. The Kier molecular flexibility index (Phi) is 5.82. The van der Waals surface area contributed by atoms with Crippen molar-refractivity contribution in [1.82, 2.24) is 0 Å². The average molecular weight is 343 g/mol. The number of rotatable bonds is 5. The van der Waals surface area contributed by atoms with E-state index in [-0.39, 0.29) is 18.6 Å². The molecule has 0 aliphatic heterocycles. The van der Waals surface area contributed by atoms with Gasteiger partial charge in [-0.25, -0.2) is 0 Å². The summed E-state index contributed by atoms with van der Waals surface area (Å²) in [5, 5.41) is -4.43. The van der Waals surface area contributed by atoms with Crippen molar-refractivity contribution in [3.05, 3.63) is 35.6 Å². The van der Waals surface area contributed by atoms with Gasteiger partial charge in [-0.3, -0.25) is 0 Å². The van der Waals surface area contributed by atoms with Crippen molar-refractivity contribution < 1.29 is 27.1 Å². The first kappa shape index (κ1) is 16.0. The minimum atomic E-state index is -4.43. The van der Waals surface area contributed by atoms with E-state index in [4.69, 9.17) is 0 Å². The molecular formula is C12H12F4O2Se. The van der Waals surface area contributed by atoms with Crippen LogP contribution in [-0.4, -0.2) is 32.6 Å². The molecule has 0 aliphatic rings. The van der Waals surface area contributed by atoms with Crippen molar-refractivity contribution in [2.75, 3.05) is 6.61 Å². The molecule has 1 atom stereocenters. The summed E-state index contributed by atoms with van der Waals surface area (Å²) in [5.41, 5.74) is 0.0895. The van der Waals surface area contributed by atoms with E-state index in [9.17, 15) is 22.4 Å². The maximum atomic E-state index is 13.4. The van der Waals surface area contributed by atoms with Crippen LogP contribution in [0.5, 0.6) is 0 Å². The van der Waals surface area contributed by atoms with Crippen LogP contribution in [0.4, 0.5) is 17.6 Å². The van der Waals surface area contributed by atoms with Crippen molar-refractivity contribution in [3.8, 4) is 0 Å². The number of carbonyl (C=O) groups is 1. The second-order valence-corrected chi connectivity index (χ2v) is 6.26. The van der Waals surface area contributed by atoms with Crippen LogP contribution in [0.1, 0.15) is 12.5 Å². The molecule has 0 fully saturated rings. The van der Waals surface area contributed by atoms with Crippen LogP contribution in [0.3, 0.4) is 0 Å². The average Bonchev–Trinajstić information content (AvgIpc) is 2.29. The first-order chi connectivity index (χ1) is 8.83. The maximum absolute atomic E-state index is 13.4. The molecule has 0 heterocycles. The molecule has 106 valence electrons. The van der Waals surface area contributed by atoms with Crippen LogP contribution in [0.25, 0.3) is 0 Å². The Morgan fingerprint density at radius 2 is 2.00 bits per heavy atom. The van der Waals surface area contributed by atoms with E-state index >= 15 is 0 Å². The van der Waals surface area contributed by atoms with E-state index in [1.54, 1.807) is 0 Å². The first-order valence-corrected chi connectivity index (χ1v) is 7.32. The zero-order valence-electron chi connectivity index (χ0n) is 10.0. The van der Waals surface area contributed by atoms with E-state index in [0.29, 0.717) is 0 Å². The molecule has 0 saturated heterocycles. The van der Waals surface area contributed by atoms with Gasteiger partial charge in [-0.1, -0.05) is 0 Å². The molecule has 0 aromatic heterocycles. The van der Waals surface area contributed by atoms with Gasteiger partial charge in [-0.05, 0) is 0 Å². The Morgan fingerprint density at radius 3 is 2.53 bits per heavy atom. The van der Waals surface area contributed by atoms with E-state index in [0.717, 1.165) is 6.07 Å². The Hall–Kier alpha value is -1.07. The summed E-state index contributed by atoms with van der Waals surface area (Å²) in [6.45, 7) is 1.51. The third-order valence-corrected chi connectivity index (χ3v) is 4.10. The number of carbonyl (C=O) groups excluding carboxylic acids is 1. The van der Waals surface area contributed by atoms with Crippen molar-refractivity contribution >= 4 is 20.9 Å². The number of alkyl halides is 3. The van der Waals surface area contributed by atoms with Gasteiger partial charge in [0.05, 0.1) is 0 Å². The number of halogens is 4. The summed E-state index contributed by atoms with van der Waals surface area (Å²) in [6.07, 6.45) is -0.301. The summed E-state index contributed by atoms with van der Waals surface area (Å²) < 4.78 is 55.3. The Labute approximate surface area is 114 Å². The van der Waals surface area contributed by atoms with Crippen LogP contribution in [0.15, 0.2) is 24.3 Å². The monoisotopic (exact) mass is 344 g/mol. The van der Waals surface area contributed by atoms with Crippen LogP contribution < -0.4 is 0 Å². The molecule has 7 heteroatoms. The van der Waals surface area contributed by atoms with Gasteiger partial charge in [0.25, 0.3) is 0 Å². The molecule has 0 N–H and O–H groups in total. The van der Waals surface area contributed by atoms with Crippen molar-refractivity contribution in [2.24, 2.45) is 0 Å². The zero-order chi connectivity index (χ0) is 14.5. The van der Waals surface area contributed by atoms with Crippen LogP contribution in [0, 0.1) is 5.82 Å². The molecular weight excluding hydrogens is 331 g/mol. The van der Waals surface area contributed by atoms with Crippen LogP contribution in [-0.2, 0) is 16.0 Å². The van der Waals surface area contributed by atoms with E-state index < -0.39 is 36.6 Å². The predicted octanol–water partition coefficient (Wildman–Crippen LogP) is 2.94. The third kappa shape index (κ3) is 5.61. The van der Waals surface area contributed by atoms with Crippen LogP contribution in [0.2, 0.25) is 4.82 Å². The van der Waals surface area contributed by atoms with Gasteiger partial charge in [-0.2, -0.15) is 0 Å². The van der Waals surface area contributed by atoms with Crippen LogP contribution >= 0.6 is 0 Å². The normalized spacial score (nSPS) is 13.1. The molecule has 0 amide bonds. The molecule has 1 aromatic carbocycles. The Morgan fingerprint density at radius 1 is 1.37 bits per heavy atom. The quantitative estimate of drug-likeness (QED) is 0.467. The summed E-state index contributed by atoms with van der Waals surface area (Å²) in [7, 11) is 0. The first-order valence-electron chi connectivity index (χ1n) is 5.48. The molecule has 2 nitrogen and oxygen atoms in total. The fourth-order valence-electron chi connectivity index (χ4n) is 1.43.